The zero-order valence-electron chi connectivity index (χ0n) is 15.0. The van der Waals surface area contributed by atoms with E-state index in [4.69, 9.17) is 14.2 Å². The molecule has 0 spiro atoms. The molecule has 0 aromatic rings. The number of aliphatic imine (C=N–C) groups is 1. The van der Waals surface area contributed by atoms with Crippen LogP contribution >= 0.6 is 12.2 Å². The zero-order chi connectivity index (χ0) is 21.1. The quantitative estimate of drug-likeness (QED) is 0.225. The van der Waals surface area contributed by atoms with Crippen molar-refractivity contribution in [3.8, 4) is 0 Å². The van der Waals surface area contributed by atoms with Crippen LogP contribution < -0.4 is 0 Å². The summed E-state index contributed by atoms with van der Waals surface area (Å²) in [4.78, 5) is 60.4. The molecule has 1 amide bonds. The largest absolute Gasteiger partial charge is 0.463 e. The zero-order valence-corrected chi connectivity index (χ0v) is 15.8. The van der Waals surface area contributed by atoms with Crippen molar-refractivity contribution in [2.24, 2.45) is 4.99 Å². The lowest BCUT2D eigenvalue weighted by Crippen LogP contribution is -2.54. The van der Waals surface area contributed by atoms with E-state index in [1.807, 2.05) is 0 Å². The standard InChI is InChI=1S/C15H19NO10S/c1-7(17)23-5-11(21)12(24-8(2)18)13(25-9(3)19)14(26-10(4)20)15(22)16-6-27/h11-14,21H,5H2,1-4H3/t11-,12-,13+,14-/m1/s1. The van der Waals surface area contributed by atoms with Crippen molar-refractivity contribution in [1.82, 2.24) is 0 Å². The lowest BCUT2D eigenvalue weighted by atomic mass is 10.0. The van der Waals surface area contributed by atoms with Gasteiger partial charge < -0.3 is 24.1 Å². The van der Waals surface area contributed by atoms with Crippen LogP contribution in [0.5, 0.6) is 0 Å². The SMILES string of the molecule is CC(=O)OC[C@@H](O)[C@@H](OC(C)=O)[C@H](OC(C)=O)[C@@H](OC(C)=O)C(=O)N=C=S. The number of aliphatic hydroxyl groups is 1. The summed E-state index contributed by atoms with van der Waals surface area (Å²) in [7, 11) is 0. The summed E-state index contributed by atoms with van der Waals surface area (Å²) in [5.41, 5.74) is 0. The minimum atomic E-state index is -1.90. The van der Waals surface area contributed by atoms with Crippen molar-refractivity contribution in [3.63, 3.8) is 0 Å². The number of thiocarbonyl (C=S) groups is 1. The maximum atomic E-state index is 12.1. The van der Waals surface area contributed by atoms with Gasteiger partial charge in [0.25, 0.3) is 5.91 Å². The van der Waals surface area contributed by atoms with Gasteiger partial charge in [0, 0.05) is 27.7 Å². The Morgan fingerprint density at radius 1 is 0.889 bits per heavy atom. The molecule has 0 aliphatic carbocycles. The van der Waals surface area contributed by atoms with Crippen molar-refractivity contribution < 1.29 is 48.0 Å². The third kappa shape index (κ3) is 9.54. The second-order valence-corrected chi connectivity index (χ2v) is 5.27. The first-order valence-electron chi connectivity index (χ1n) is 7.44. The number of isothiocyanates is 1. The van der Waals surface area contributed by atoms with Crippen molar-refractivity contribution in [2.75, 3.05) is 6.61 Å². The first-order chi connectivity index (χ1) is 12.5. The number of amides is 1. The van der Waals surface area contributed by atoms with E-state index >= 15 is 0 Å². The van der Waals surface area contributed by atoms with Crippen LogP contribution in [0.3, 0.4) is 0 Å². The Hall–Kier alpha value is -2.69. The summed E-state index contributed by atoms with van der Waals surface area (Å²) in [5, 5.41) is 12.0. The van der Waals surface area contributed by atoms with Gasteiger partial charge in [0.05, 0.1) is 5.16 Å². The van der Waals surface area contributed by atoms with Crippen LogP contribution in [0.1, 0.15) is 27.7 Å². The Bertz CT molecular complexity index is 643. The molecule has 1 N–H and O–H groups in total. The fourth-order valence-electron chi connectivity index (χ4n) is 1.89. The van der Waals surface area contributed by atoms with E-state index in [0.29, 0.717) is 0 Å². The molecule has 0 fully saturated rings. The highest BCUT2D eigenvalue weighted by molar-refractivity contribution is 7.78. The van der Waals surface area contributed by atoms with Gasteiger partial charge in [-0.25, -0.2) is 0 Å². The van der Waals surface area contributed by atoms with Crippen molar-refractivity contribution in [2.45, 2.75) is 52.1 Å². The lowest BCUT2D eigenvalue weighted by Gasteiger charge is -2.32. The Morgan fingerprint density at radius 2 is 1.37 bits per heavy atom. The minimum absolute atomic E-state index is 0.664. The summed E-state index contributed by atoms with van der Waals surface area (Å²) in [6.45, 7) is 3.31. The van der Waals surface area contributed by atoms with E-state index in [9.17, 15) is 29.1 Å². The molecule has 0 radical (unpaired) electrons. The molecule has 0 aromatic heterocycles. The average Bonchev–Trinajstić information content (AvgIpc) is 2.53. The van der Waals surface area contributed by atoms with Crippen LogP contribution in [-0.4, -0.2) is 71.1 Å². The van der Waals surface area contributed by atoms with Gasteiger partial charge >= 0.3 is 23.9 Å². The topological polar surface area (TPSA) is 155 Å². The molecular weight excluding hydrogens is 386 g/mol. The van der Waals surface area contributed by atoms with Gasteiger partial charge in [0.1, 0.15) is 12.7 Å². The molecule has 0 rings (SSSR count). The number of nitrogens with zero attached hydrogens (tertiary/aromatic N) is 1. The normalized spacial score (nSPS) is 14.4. The number of carbonyl (C=O) groups is 5. The Kier molecular flexibility index (Phi) is 10.7. The van der Waals surface area contributed by atoms with Crippen molar-refractivity contribution in [3.05, 3.63) is 0 Å². The Labute approximate surface area is 159 Å². The number of rotatable bonds is 9. The monoisotopic (exact) mass is 405 g/mol. The lowest BCUT2D eigenvalue weighted by molar-refractivity contribution is -0.197. The van der Waals surface area contributed by atoms with Gasteiger partial charge in [0.2, 0.25) is 6.10 Å². The predicted octanol–water partition coefficient (Wildman–Crippen LogP) is -0.665. The average molecular weight is 405 g/mol. The number of ether oxygens (including phenoxy) is 4. The number of hydrogen-bond donors (Lipinski definition) is 1. The van der Waals surface area contributed by atoms with E-state index in [1.165, 1.54) is 0 Å². The summed E-state index contributed by atoms with van der Waals surface area (Å²) in [5.74, 6) is -4.76. The van der Waals surface area contributed by atoms with Crippen molar-refractivity contribution in [1.29, 1.82) is 0 Å². The summed E-state index contributed by atoms with van der Waals surface area (Å²) < 4.78 is 19.3. The van der Waals surface area contributed by atoms with Crippen molar-refractivity contribution >= 4 is 47.2 Å². The smallest absolute Gasteiger partial charge is 0.303 e. The van der Waals surface area contributed by atoms with Crippen LogP contribution in [0.2, 0.25) is 0 Å². The van der Waals surface area contributed by atoms with Gasteiger partial charge in [-0.3, -0.25) is 24.0 Å². The van der Waals surface area contributed by atoms with E-state index in [0.717, 1.165) is 27.7 Å². The molecule has 0 saturated carbocycles. The van der Waals surface area contributed by atoms with Crippen LogP contribution in [0.25, 0.3) is 0 Å². The molecule has 4 atom stereocenters. The van der Waals surface area contributed by atoms with E-state index in [-0.39, 0.29) is 0 Å². The molecule has 11 nitrogen and oxygen atoms in total. The van der Waals surface area contributed by atoms with Gasteiger partial charge in [-0.1, -0.05) is 0 Å². The van der Waals surface area contributed by atoms with Crippen LogP contribution in [0.15, 0.2) is 4.99 Å². The predicted molar refractivity (Wildman–Crippen MR) is 89.3 cm³/mol. The molecule has 0 aliphatic heterocycles. The first kappa shape index (κ1) is 24.3. The fourth-order valence-corrected chi connectivity index (χ4v) is 1.98. The van der Waals surface area contributed by atoms with E-state index in [1.54, 1.807) is 5.16 Å². The van der Waals surface area contributed by atoms with Gasteiger partial charge in [-0.15, -0.1) is 0 Å². The van der Waals surface area contributed by atoms with E-state index in [2.05, 4.69) is 21.9 Å². The second kappa shape index (κ2) is 11.8. The maximum absolute atomic E-state index is 12.1. The summed E-state index contributed by atoms with van der Waals surface area (Å²) >= 11 is 4.31. The van der Waals surface area contributed by atoms with Crippen LogP contribution in [0.4, 0.5) is 0 Å². The van der Waals surface area contributed by atoms with Gasteiger partial charge in [0.15, 0.2) is 12.2 Å². The number of aliphatic hydroxyl groups excluding tert-OH is 1. The summed E-state index contributed by atoms with van der Waals surface area (Å²) in [6.07, 6.45) is -7.18. The molecule has 0 heterocycles. The molecule has 12 heteroatoms. The Balaban J connectivity index is 6.02. The Morgan fingerprint density at radius 3 is 1.78 bits per heavy atom. The van der Waals surface area contributed by atoms with Gasteiger partial charge in [-0.2, -0.15) is 4.99 Å². The number of hydrogen-bond acceptors (Lipinski definition) is 11. The number of esters is 4. The highest BCUT2D eigenvalue weighted by atomic mass is 32.1. The molecule has 0 unspecified atom stereocenters. The highest BCUT2D eigenvalue weighted by Gasteiger charge is 2.45. The summed E-state index contributed by atoms with van der Waals surface area (Å²) in [6, 6.07) is 0. The fraction of sp³-hybridized carbons (Fsp3) is 0.600. The molecule has 150 valence electrons. The first-order valence-corrected chi connectivity index (χ1v) is 7.85. The third-order valence-electron chi connectivity index (χ3n) is 2.76. The van der Waals surface area contributed by atoms with Gasteiger partial charge in [-0.05, 0) is 12.2 Å². The maximum Gasteiger partial charge on any atom is 0.303 e. The second-order valence-electron chi connectivity index (χ2n) is 5.09. The molecule has 0 saturated heterocycles. The highest BCUT2D eigenvalue weighted by Crippen LogP contribution is 2.19. The molecule has 0 aromatic carbocycles. The third-order valence-corrected chi connectivity index (χ3v) is 2.85. The molecule has 27 heavy (non-hydrogen) atoms. The number of carbonyl (C=O) groups excluding carboxylic acids is 5. The molecule has 0 bridgehead atoms. The molecule has 0 aliphatic rings. The van der Waals surface area contributed by atoms with E-state index < -0.39 is 60.8 Å². The van der Waals surface area contributed by atoms with Crippen LogP contribution in [-0.2, 0) is 42.9 Å². The minimum Gasteiger partial charge on any atom is -0.463 e. The van der Waals surface area contributed by atoms with Crippen LogP contribution in [0, 0.1) is 0 Å². The molecular formula is C15H19NO10S.